The van der Waals surface area contributed by atoms with Crippen LogP contribution in [0.25, 0.3) is 0 Å². The molecule has 28 heavy (non-hydrogen) atoms. The van der Waals surface area contributed by atoms with Gasteiger partial charge in [-0.25, -0.2) is 9.37 Å². The second-order valence-corrected chi connectivity index (χ2v) is 7.45. The second kappa shape index (κ2) is 7.85. The number of aliphatic hydroxyl groups excluding tert-OH is 1. The third kappa shape index (κ3) is 3.86. The molecular weight excluding hydrogens is 361 g/mol. The smallest absolute Gasteiger partial charge is 0.270 e. The number of carbonyl (C=O) groups is 1. The summed E-state index contributed by atoms with van der Waals surface area (Å²) < 4.78 is 18.6. The molecule has 2 N–H and O–H groups in total. The molecule has 1 aromatic carbocycles. The monoisotopic (exact) mass is 385 g/mol. The van der Waals surface area contributed by atoms with E-state index in [-0.39, 0.29) is 11.7 Å². The van der Waals surface area contributed by atoms with Crippen LogP contribution in [-0.4, -0.2) is 54.9 Å². The van der Waals surface area contributed by atoms with Crippen LogP contribution in [0.1, 0.15) is 33.6 Å². The molecule has 0 saturated carbocycles. The van der Waals surface area contributed by atoms with Crippen molar-refractivity contribution in [1.29, 1.82) is 0 Å². The summed E-state index contributed by atoms with van der Waals surface area (Å²) in [5, 5.41) is 12.9. The maximum Gasteiger partial charge on any atom is 0.270 e. The van der Waals surface area contributed by atoms with E-state index in [4.69, 9.17) is 4.74 Å². The third-order valence-electron chi connectivity index (χ3n) is 5.43. The molecule has 1 amide bonds. The Morgan fingerprint density at radius 2 is 2.18 bits per heavy atom. The van der Waals surface area contributed by atoms with Crippen molar-refractivity contribution < 1.29 is 19.0 Å². The van der Waals surface area contributed by atoms with E-state index in [2.05, 4.69) is 10.3 Å². The maximum atomic E-state index is 13.2. The first kappa shape index (κ1) is 18.8. The molecule has 1 saturated heterocycles. The Hall–Kier alpha value is -2.51. The fourth-order valence-electron chi connectivity index (χ4n) is 3.79. The van der Waals surface area contributed by atoms with E-state index in [0.29, 0.717) is 31.7 Å². The van der Waals surface area contributed by atoms with Crippen molar-refractivity contribution in [1.82, 2.24) is 10.3 Å². The van der Waals surface area contributed by atoms with Crippen molar-refractivity contribution >= 4 is 11.7 Å². The van der Waals surface area contributed by atoms with Crippen LogP contribution < -0.4 is 10.2 Å². The molecule has 2 aliphatic rings. The summed E-state index contributed by atoms with van der Waals surface area (Å²) in [4.78, 5) is 19.4. The number of nitrogens with one attached hydrogen (secondary N) is 1. The molecule has 1 fully saturated rings. The van der Waals surface area contributed by atoms with E-state index in [0.717, 1.165) is 35.5 Å². The van der Waals surface area contributed by atoms with Crippen LogP contribution >= 0.6 is 0 Å². The van der Waals surface area contributed by atoms with Crippen molar-refractivity contribution in [3.05, 3.63) is 58.5 Å². The summed E-state index contributed by atoms with van der Waals surface area (Å²) in [7, 11) is 1.96. The van der Waals surface area contributed by atoms with Crippen LogP contribution in [-0.2, 0) is 17.6 Å². The first-order valence-corrected chi connectivity index (χ1v) is 9.56. The molecule has 1 aromatic heterocycles. The summed E-state index contributed by atoms with van der Waals surface area (Å²) in [5.74, 6) is 0.222. The van der Waals surface area contributed by atoms with Gasteiger partial charge in [0.1, 0.15) is 17.3 Å². The van der Waals surface area contributed by atoms with Gasteiger partial charge in [-0.1, -0.05) is 12.1 Å². The minimum Gasteiger partial charge on any atom is -0.391 e. The molecule has 0 radical (unpaired) electrons. The number of aromatic nitrogens is 1. The van der Waals surface area contributed by atoms with E-state index in [1.54, 1.807) is 12.1 Å². The third-order valence-corrected chi connectivity index (χ3v) is 5.43. The predicted octanol–water partition coefficient (Wildman–Crippen LogP) is 1.68. The molecule has 2 aliphatic heterocycles. The lowest BCUT2D eigenvalue weighted by Crippen LogP contribution is -2.49. The zero-order valence-corrected chi connectivity index (χ0v) is 15.8. The molecule has 2 atom stereocenters. The van der Waals surface area contributed by atoms with E-state index < -0.39 is 12.1 Å². The van der Waals surface area contributed by atoms with Gasteiger partial charge in [0, 0.05) is 25.8 Å². The zero-order valence-electron chi connectivity index (χ0n) is 15.8. The van der Waals surface area contributed by atoms with Crippen molar-refractivity contribution in [3.8, 4) is 0 Å². The van der Waals surface area contributed by atoms with Crippen LogP contribution in [0.3, 0.4) is 0 Å². The molecule has 0 spiro atoms. The van der Waals surface area contributed by atoms with Gasteiger partial charge in [0.15, 0.2) is 0 Å². The summed E-state index contributed by atoms with van der Waals surface area (Å²) in [6, 6.07) is 7.79. The van der Waals surface area contributed by atoms with Crippen molar-refractivity contribution in [2.75, 3.05) is 31.7 Å². The maximum absolute atomic E-state index is 13.2. The number of benzene rings is 1. The number of carbonyl (C=O) groups excluding carboxylic acids is 1. The molecular formula is C21H24FN3O3. The Kier molecular flexibility index (Phi) is 5.28. The minimum absolute atomic E-state index is 0.267. The number of halogens is 1. The zero-order chi connectivity index (χ0) is 19.7. The van der Waals surface area contributed by atoms with Crippen molar-refractivity contribution in [2.24, 2.45) is 0 Å². The fraction of sp³-hybridized carbons (Fsp3) is 0.429. The average Bonchev–Trinajstić information content (AvgIpc) is 3.07. The molecule has 0 bridgehead atoms. The molecule has 3 heterocycles. The minimum atomic E-state index is -0.617. The number of pyridine rings is 1. The largest absolute Gasteiger partial charge is 0.391 e. The molecule has 2 aromatic rings. The van der Waals surface area contributed by atoms with Gasteiger partial charge >= 0.3 is 0 Å². The van der Waals surface area contributed by atoms with Gasteiger partial charge in [0.05, 0.1) is 18.8 Å². The predicted molar refractivity (Wildman–Crippen MR) is 103 cm³/mol. The number of ether oxygens (including phenoxy) is 1. The molecule has 0 aliphatic carbocycles. The number of hydrogen-bond acceptors (Lipinski definition) is 5. The first-order chi connectivity index (χ1) is 13.5. The number of aliphatic hydroxyl groups is 1. The summed E-state index contributed by atoms with van der Waals surface area (Å²) in [6.45, 7) is 1.64. The van der Waals surface area contributed by atoms with Crippen LogP contribution in [0, 0.1) is 5.82 Å². The Bertz CT molecular complexity index is 872. The highest BCUT2D eigenvalue weighted by molar-refractivity contribution is 5.93. The number of nitrogens with zero attached hydrogens (tertiary/aromatic N) is 2. The van der Waals surface area contributed by atoms with Crippen LogP contribution in [0.5, 0.6) is 0 Å². The summed E-state index contributed by atoms with van der Waals surface area (Å²) in [6.07, 6.45) is 1.36. The van der Waals surface area contributed by atoms with Crippen LogP contribution in [0.15, 0.2) is 30.3 Å². The van der Waals surface area contributed by atoms with Gasteiger partial charge in [-0.15, -0.1) is 0 Å². The van der Waals surface area contributed by atoms with Gasteiger partial charge in [-0.2, -0.15) is 0 Å². The molecule has 4 rings (SSSR count). The number of hydrogen-bond donors (Lipinski definition) is 2. The standard InChI is InChI=1S/C21H24FN3O3/c1-25-8-6-16-14(10-13-2-4-15(22)5-3-13)11-17(23-20(16)25)21(27)24-18-12-28-9-7-19(18)26/h2-5,11,18-19,26H,6-10,12H2,1H3,(H,24,27)/t18-,19+/m1/s1. The van der Waals surface area contributed by atoms with Gasteiger partial charge in [-0.3, -0.25) is 4.79 Å². The Labute approximate surface area is 163 Å². The Morgan fingerprint density at radius 1 is 1.39 bits per heavy atom. The summed E-state index contributed by atoms with van der Waals surface area (Å²) >= 11 is 0. The van der Waals surface area contributed by atoms with Crippen molar-refractivity contribution in [3.63, 3.8) is 0 Å². The van der Waals surface area contributed by atoms with Crippen LogP contribution in [0.2, 0.25) is 0 Å². The van der Waals surface area contributed by atoms with E-state index in [9.17, 15) is 14.3 Å². The average molecular weight is 385 g/mol. The van der Waals surface area contributed by atoms with E-state index in [1.165, 1.54) is 12.1 Å². The lowest BCUT2D eigenvalue weighted by molar-refractivity contribution is -0.0140. The molecule has 7 heteroatoms. The first-order valence-electron chi connectivity index (χ1n) is 9.56. The quantitative estimate of drug-likeness (QED) is 0.838. The van der Waals surface area contributed by atoms with Gasteiger partial charge in [0.2, 0.25) is 0 Å². The highest BCUT2D eigenvalue weighted by Gasteiger charge is 2.28. The highest BCUT2D eigenvalue weighted by atomic mass is 19.1. The van der Waals surface area contributed by atoms with Gasteiger partial charge < -0.3 is 20.1 Å². The van der Waals surface area contributed by atoms with Crippen molar-refractivity contribution in [2.45, 2.75) is 31.4 Å². The highest BCUT2D eigenvalue weighted by Crippen LogP contribution is 2.30. The summed E-state index contributed by atoms with van der Waals surface area (Å²) in [5.41, 5.74) is 3.45. The number of rotatable bonds is 4. The lowest BCUT2D eigenvalue weighted by Gasteiger charge is -2.28. The van der Waals surface area contributed by atoms with Gasteiger partial charge in [0.25, 0.3) is 5.91 Å². The number of fused-ring (bicyclic) bond motifs is 1. The van der Waals surface area contributed by atoms with Gasteiger partial charge in [-0.05, 0) is 48.6 Å². The Balaban J connectivity index is 1.61. The topological polar surface area (TPSA) is 74.7 Å². The van der Waals surface area contributed by atoms with E-state index in [1.807, 2.05) is 18.0 Å². The second-order valence-electron chi connectivity index (χ2n) is 7.45. The fourth-order valence-corrected chi connectivity index (χ4v) is 3.79. The number of anilines is 1. The molecule has 0 unspecified atom stereocenters. The number of likely N-dealkylation sites (N-methyl/N-ethyl adjacent to an activating group) is 1. The molecule has 148 valence electrons. The Morgan fingerprint density at radius 3 is 2.93 bits per heavy atom. The van der Waals surface area contributed by atoms with E-state index >= 15 is 0 Å². The SMILES string of the molecule is CN1CCc2c(Cc3ccc(F)cc3)cc(C(=O)N[C@@H]3COCC[C@@H]3O)nc21. The number of amides is 1. The molecule has 6 nitrogen and oxygen atoms in total. The van der Waals surface area contributed by atoms with Crippen LogP contribution in [0.4, 0.5) is 10.2 Å². The normalized spacial score (nSPS) is 21.5. The lowest BCUT2D eigenvalue weighted by atomic mass is 9.98.